The second kappa shape index (κ2) is 12.5. The smallest absolute Gasteiger partial charge is 0.408 e. The Kier molecular flexibility index (Phi) is 9.30. The molecule has 1 aromatic heterocycles. The van der Waals surface area contributed by atoms with Crippen molar-refractivity contribution in [2.45, 2.75) is 83.5 Å². The van der Waals surface area contributed by atoms with Gasteiger partial charge in [-0.15, -0.1) is 0 Å². The Morgan fingerprint density at radius 2 is 1.82 bits per heavy atom. The van der Waals surface area contributed by atoms with Crippen molar-refractivity contribution in [3.63, 3.8) is 0 Å². The molecule has 0 spiro atoms. The number of carbonyl (C=O) groups excluding carboxylic acids is 2. The second-order valence-corrected chi connectivity index (χ2v) is 10.9. The van der Waals surface area contributed by atoms with Crippen molar-refractivity contribution in [2.75, 3.05) is 19.8 Å². The number of oxazole rings is 1. The summed E-state index contributed by atoms with van der Waals surface area (Å²) < 4.78 is 50.4. The van der Waals surface area contributed by atoms with Gasteiger partial charge in [0.1, 0.15) is 23.9 Å². The Labute approximate surface area is 226 Å². The maximum Gasteiger partial charge on any atom is 0.408 e. The van der Waals surface area contributed by atoms with Gasteiger partial charge in [-0.1, -0.05) is 38.8 Å². The summed E-state index contributed by atoms with van der Waals surface area (Å²) in [6.45, 7) is 3.38. The minimum Gasteiger partial charge on any atom is -0.434 e. The summed E-state index contributed by atoms with van der Waals surface area (Å²) in [6, 6.07) is 5.25. The number of aromatic nitrogens is 1. The van der Waals surface area contributed by atoms with Crippen LogP contribution in [-0.4, -0.2) is 60.5 Å². The van der Waals surface area contributed by atoms with E-state index in [1.807, 2.05) is 0 Å². The summed E-state index contributed by atoms with van der Waals surface area (Å²) in [5, 5.41) is 5.94. The van der Waals surface area contributed by atoms with Crippen molar-refractivity contribution < 1.29 is 31.9 Å². The Balaban J connectivity index is 1.56. The van der Waals surface area contributed by atoms with Crippen LogP contribution in [0.25, 0.3) is 11.1 Å². The zero-order valence-corrected chi connectivity index (χ0v) is 22.5. The van der Waals surface area contributed by atoms with E-state index < -0.39 is 36.5 Å². The number of amidine groups is 1. The molecule has 2 heterocycles. The highest BCUT2D eigenvalue weighted by molar-refractivity contribution is 6.01. The maximum absolute atomic E-state index is 13.7. The fourth-order valence-corrected chi connectivity index (χ4v) is 5.50. The van der Waals surface area contributed by atoms with Crippen molar-refractivity contribution in [2.24, 2.45) is 16.3 Å². The first-order chi connectivity index (χ1) is 18.6. The number of aliphatic imine (C=N–C) groups is 1. The number of hydrogen-bond donors (Lipinski definition) is 2. The van der Waals surface area contributed by atoms with E-state index in [0.717, 1.165) is 25.7 Å². The lowest BCUT2D eigenvalue weighted by atomic mass is 9.81. The molecule has 2 atom stereocenters. The summed E-state index contributed by atoms with van der Waals surface area (Å²) in [5.74, 6) is -1.09. The molecule has 2 aromatic rings. The fourth-order valence-electron chi connectivity index (χ4n) is 5.50. The molecule has 8 nitrogen and oxygen atoms in total. The van der Waals surface area contributed by atoms with Gasteiger partial charge < -0.3 is 19.8 Å². The number of nitrogens with zero attached hydrogens (tertiary/aromatic N) is 2. The maximum atomic E-state index is 13.7. The predicted octanol–water partition coefficient (Wildman–Crippen LogP) is 5.22. The normalized spacial score (nSPS) is 20.1. The van der Waals surface area contributed by atoms with Crippen molar-refractivity contribution in [1.82, 2.24) is 15.6 Å². The largest absolute Gasteiger partial charge is 0.434 e. The number of ether oxygens (including phenoxy) is 1. The van der Waals surface area contributed by atoms with E-state index >= 15 is 0 Å². The Morgan fingerprint density at radius 1 is 1.13 bits per heavy atom. The standard InChI is InChI=1S/C28H37F3N4O4/c1-3-19(23(36)26-35-20-8-4-5-9-22(20)39-26)34-25(37)21(16-27(2)12-6-7-13-27)33-24(32-17-28(29,30)31)18-10-14-38-15-11-18/h4-5,8-9,18-19,21H,3,6-7,10-17H2,1-2H3,(H,32,33)(H,34,37)/t19-,21-/m0/s1. The van der Waals surface area contributed by atoms with Gasteiger partial charge in [0.2, 0.25) is 11.7 Å². The van der Waals surface area contributed by atoms with E-state index in [2.05, 4.69) is 27.5 Å². The predicted molar refractivity (Wildman–Crippen MR) is 141 cm³/mol. The average molecular weight is 551 g/mol. The number of Topliss-reactive ketones (excluding diaryl/α,β-unsaturated/α-hetero) is 1. The van der Waals surface area contributed by atoms with Gasteiger partial charge in [-0.25, -0.2) is 4.98 Å². The number of alkyl halides is 3. The summed E-state index contributed by atoms with van der Waals surface area (Å²) >= 11 is 0. The summed E-state index contributed by atoms with van der Waals surface area (Å²) in [7, 11) is 0. The SMILES string of the molecule is CC[C@H](NC(=O)[C@H](CC1(C)CCCC1)N/C(=N/CC(F)(F)F)C1CCOCC1)C(=O)c1nc2ccccc2o1. The molecule has 2 fully saturated rings. The summed E-state index contributed by atoms with van der Waals surface area (Å²) in [6.07, 6.45) is 1.19. The van der Waals surface area contributed by atoms with Crippen LogP contribution in [-0.2, 0) is 9.53 Å². The molecule has 1 aromatic carbocycles. The number of fused-ring (bicyclic) bond motifs is 1. The highest BCUT2D eigenvalue weighted by atomic mass is 19.4. The first-order valence-corrected chi connectivity index (χ1v) is 13.7. The minimum atomic E-state index is -4.47. The lowest BCUT2D eigenvalue weighted by Crippen LogP contribution is -2.54. The van der Waals surface area contributed by atoms with Crippen molar-refractivity contribution >= 4 is 28.6 Å². The molecule has 39 heavy (non-hydrogen) atoms. The Bertz CT molecular complexity index is 1130. The molecule has 1 aliphatic heterocycles. The number of ketones is 1. The third-order valence-corrected chi connectivity index (χ3v) is 7.73. The quantitative estimate of drug-likeness (QED) is 0.239. The first kappa shape index (κ1) is 29.0. The van der Waals surface area contributed by atoms with Gasteiger partial charge in [-0.05, 0) is 56.1 Å². The molecule has 0 bridgehead atoms. The molecule has 1 amide bonds. The van der Waals surface area contributed by atoms with Gasteiger partial charge >= 0.3 is 6.18 Å². The molecule has 0 radical (unpaired) electrons. The van der Waals surface area contributed by atoms with Gasteiger partial charge in [0.05, 0.1) is 6.04 Å². The molecule has 11 heteroatoms. The number of rotatable bonds is 10. The van der Waals surface area contributed by atoms with Crippen LogP contribution in [0, 0.1) is 11.3 Å². The molecule has 1 aliphatic carbocycles. The van der Waals surface area contributed by atoms with Crippen LogP contribution in [0.3, 0.4) is 0 Å². The van der Waals surface area contributed by atoms with Gasteiger partial charge in [-0.3, -0.25) is 14.6 Å². The second-order valence-electron chi connectivity index (χ2n) is 10.9. The van der Waals surface area contributed by atoms with Crippen molar-refractivity contribution in [3.8, 4) is 0 Å². The summed E-state index contributed by atoms with van der Waals surface area (Å²) in [5.41, 5.74) is 0.863. The van der Waals surface area contributed by atoms with Gasteiger partial charge in [-0.2, -0.15) is 13.2 Å². The van der Waals surface area contributed by atoms with E-state index in [9.17, 15) is 22.8 Å². The lowest BCUT2D eigenvalue weighted by Gasteiger charge is -2.33. The molecule has 1 saturated carbocycles. The zero-order chi connectivity index (χ0) is 28.0. The number of halogens is 3. The van der Waals surface area contributed by atoms with Gasteiger partial charge in [0.25, 0.3) is 5.89 Å². The highest BCUT2D eigenvalue weighted by Gasteiger charge is 2.37. The van der Waals surface area contributed by atoms with Crippen LogP contribution in [0.15, 0.2) is 33.7 Å². The summed E-state index contributed by atoms with van der Waals surface area (Å²) in [4.78, 5) is 35.1. The number of nitrogens with one attached hydrogen (secondary N) is 2. The van der Waals surface area contributed by atoms with E-state index in [1.54, 1.807) is 31.2 Å². The topological polar surface area (TPSA) is 106 Å². The third kappa shape index (κ3) is 7.80. The monoisotopic (exact) mass is 550 g/mol. The van der Waals surface area contributed by atoms with Crippen molar-refractivity contribution in [3.05, 3.63) is 30.2 Å². The average Bonchev–Trinajstić information content (AvgIpc) is 3.55. The molecular formula is C28H37F3N4O4. The van der Waals surface area contributed by atoms with Crippen LogP contribution in [0.5, 0.6) is 0 Å². The molecular weight excluding hydrogens is 513 g/mol. The molecule has 2 N–H and O–H groups in total. The first-order valence-electron chi connectivity index (χ1n) is 13.7. The fraction of sp³-hybridized carbons (Fsp3) is 0.643. The van der Waals surface area contributed by atoms with E-state index in [-0.39, 0.29) is 23.1 Å². The van der Waals surface area contributed by atoms with Crippen LogP contribution in [0.2, 0.25) is 0 Å². The van der Waals surface area contributed by atoms with E-state index in [0.29, 0.717) is 50.0 Å². The molecule has 0 unspecified atom stereocenters. The minimum absolute atomic E-state index is 0.0924. The number of benzene rings is 1. The lowest BCUT2D eigenvalue weighted by molar-refractivity contribution is -0.124. The number of para-hydroxylation sites is 2. The molecule has 4 rings (SSSR count). The van der Waals surface area contributed by atoms with E-state index in [1.165, 1.54) is 0 Å². The molecule has 1 saturated heterocycles. The van der Waals surface area contributed by atoms with Gasteiger partial charge in [0, 0.05) is 19.1 Å². The molecule has 214 valence electrons. The van der Waals surface area contributed by atoms with E-state index in [4.69, 9.17) is 9.15 Å². The van der Waals surface area contributed by atoms with Crippen LogP contribution in [0.4, 0.5) is 13.2 Å². The highest BCUT2D eigenvalue weighted by Crippen LogP contribution is 2.41. The number of amides is 1. The third-order valence-electron chi connectivity index (χ3n) is 7.73. The van der Waals surface area contributed by atoms with Crippen LogP contribution in [0.1, 0.15) is 75.9 Å². The Hall–Kier alpha value is -2.95. The zero-order valence-electron chi connectivity index (χ0n) is 22.5. The van der Waals surface area contributed by atoms with Crippen molar-refractivity contribution in [1.29, 1.82) is 0 Å². The van der Waals surface area contributed by atoms with Gasteiger partial charge in [0.15, 0.2) is 5.58 Å². The van der Waals surface area contributed by atoms with Crippen LogP contribution < -0.4 is 10.6 Å². The molecule has 2 aliphatic rings. The Morgan fingerprint density at radius 3 is 2.46 bits per heavy atom. The number of carbonyl (C=O) groups is 2. The number of hydrogen-bond acceptors (Lipinski definition) is 6. The van der Waals surface area contributed by atoms with Crippen LogP contribution >= 0.6 is 0 Å².